The van der Waals surface area contributed by atoms with Crippen LogP contribution in [0.2, 0.25) is 0 Å². The molecule has 1 unspecified atom stereocenters. The Bertz CT molecular complexity index is 1370. The van der Waals surface area contributed by atoms with Crippen molar-refractivity contribution in [3.8, 4) is 16.2 Å². The number of nitrogens with two attached hydrogens (primary N) is 1. The SMILES string of the molecule is NC(=O)c1cccc2c1CC(C[C@@H]1C[C@@H]3CCC[C@@H]3N1C(=O)c1nc(C3CC3)sc1-c1ccccc1)O2. The van der Waals surface area contributed by atoms with Gasteiger partial charge in [-0.25, -0.2) is 4.98 Å². The van der Waals surface area contributed by atoms with Gasteiger partial charge in [0, 0.05) is 42.0 Å². The summed E-state index contributed by atoms with van der Waals surface area (Å²) in [4.78, 5) is 34.5. The minimum atomic E-state index is -0.420. The number of hydrogen-bond donors (Lipinski definition) is 1. The van der Waals surface area contributed by atoms with Gasteiger partial charge in [-0.05, 0) is 55.7 Å². The monoisotopic (exact) mass is 513 g/mol. The fraction of sp³-hybridized carbons (Fsp3) is 0.433. The highest BCUT2D eigenvalue weighted by atomic mass is 32.1. The van der Waals surface area contributed by atoms with Crippen molar-refractivity contribution in [1.29, 1.82) is 0 Å². The lowest BCUT2D eigenvalue weighted by molar-refractivity contribution is 0.0608. The summed E-state index contributed by atoms with van der Waals surface area (Å²) in [6.07, 6.45) is 8.10. The number of likely N-dealkylation sites (tertiary alicyclic amines) is 1. The average Bonchev–Trinajstić information content (AvgIpc) is 3.23. The molecule has 2 saturated carbocycles. The molecule has 4 aliphatic rings. The van der Waals surface area contributed by atoms with Gasteiger partial charge in [0.2, 0.25) is 5.91 Å². The van der Waals surface area contributed by atoms with Crippen LogP contribution in [0.25, 0.3) is 10.4 Å². The van der Waals surface area contributed by atoms with Crippen molar-refractivity contribution in [2.24, 2.45) is 11.7 Å². The second-order valence-electron chi connectivity index (χ2n) is 11.1. The van der Waals surface area contributed by atoms with Crippen molar-refractivity contribution in [2.45, 2.75) is 75.5 Å². The van der Waals surface area contributed by atoms with E-state index in [1.807, 2.05) is 30.3 Å². The maximum Gasteiger partial charge on any atom is 0.274 e. The fourth-order valence-electron chi connectivity index (χ4n) is 6.81. The van der Waals surface area contributed by atoms with Gasteiger partial charge in [0.05, 0.1) is 9.88 Å². The number of fused-ring (bicyclic) bond motifs is 2. The van der Waals surface area contributed by atoms with Gasteiger partial charge in [-0.1, -0.05) is 42.8 Å². The number of rotatable bonds is 6. The predicted octanol–water partition coefficient (Wildman–Crippen LogP) is 5.56. The minimum Gasteiger partial charge on any atom is -0.490 e. The summed E-state index contributed by atoms with van der Waals surface area (Å²) in [5.74, 6) is 1.46. The van der Waals surface area contributed by atoms with Gasteiger partial charge in [0.15, 0.2) is 0 Å². The normalized spacial score (nSPS) is 26.1. The van der Waals surface area contributed by atoms with Crippen LogP contribution in [0, 0.1) is 5.92 Å². The molecule has 190 valence electrons. The van der Waals surface area contributed by atoms with Crippen LogP contribution in [-0.2, 0) is 6.42 Å². The Labute approximate surface area is 220 Å². The van der Waals surface area contributed by atoms with E-state index in [4.69, 9.17) is 15.5 Å². The van der Waals surface area contributed by atoms with Crippen LogP contribution >= 0.6 is 11.3 Å². The third-order valence-corrected chi connectivity index (χ3v) is 9.91. The summed E-state index contributed by atoms with van der Waals surface area (Å²) in [6.45, 7) is 0. The predicted molar refractivity (Wildman–Crippen MR) is 143 cm³/mol. The topological polar surface area (TPSA) is 85.5 Å². The summed E-state index contributed by atoms with van der Waals surface area (Å²) < 4.78 is 6.29. The number of nitrogens with zero attached hydrogens (tertiary/aromatic N) is 2. The molecule has 1 aromatic heterocycles. The van der Waals surface area contributed by atoms with E-state index < -0.39 is 5.91 Å². The Morgan fingerprint density at radius 1 is 1.05 bits per heavy atom. The number of carbonyl (C=O) groups is 2. The van der Waals surface area contributed by atoms with E-state index in [9.17, 15) is 9.59 Å². The van der Waals surface area contributed by atoms with Crippen molar-refractivity contribution in [3.63, 3.8) is 0 Å². The van der Waals surface area contributed by atoms with Crippen molar-refractivity contribution in [2.75, 3.05) is 0 Å². The summed E-state index contributed by atoms with van der Waals surface area (Å²) in [5, 5.41) is 1.11. The van der Waals surface area contributed by atoms with Gasteiger partial charge in [0.1, 0.15) is 17.5 Å². The van der Waals surface area contributed by atoms with Gasteiger partial charge in [-0.15, -0.1) is 11.3 Å². The Balaban J connectivity index is 1.19. The van der Waals surface area contributed by atoms with Crippen molar-refractivity contribution < 1.29 is 14.3 Å². The average molecular weight is 514 g/mol. The van der Waals surface area contributed by atoms with E-state index in [0.29, 0.717) is 29.5 Å². The first-order valence-electron chi connectivity index (χ1n) is 13.5. The molecule has 3 fully saturated rings. The zero-order valence-corrected chi connectivity index (χ0v) is 21.6. The molecule has 6 nitrogen and oxygen atoms in total. The van der Waals surface area contributed by atoms with Crippen LogP contribution in [0.3, 0.4) is 0 Å². The van der Waals surface area contributed by atoms with Gasteiger partial charge in [-0.3, -0.25) is 9.59 Å². The summed E-state index contributed by atoms with van der Waals surface area (Å²) in [6, 6.07) is 16.1. The number of primary amides is 1. The fourth-order valence-corrected chi connectivity index (χ4v) is 8.05. The van der Waals surface area contributed by atoms with Crippen LogP contribution in [-0.4, -0.2) is 39.9 Å². The van der Waals surface area contributed by atoms with Crippen LogP contribution < -0.4 is 10.5 Å². The minimum absolute atomic E-state index is 0.0688. The highest BCUT2D eigenvalue weighted by molar-refractivity contribution is 7.15. The third-order valence-electron chi connectivity index (χ3n) is 8.65. The molecule has 7 rings (SSSR count). The lowest BCUT2D eigenvalue weighted by Gasteiger charge is -2.31. The van der Waals surface area contributed by atoms with Crippen molar-refractivity contribution in [3.05, 3.63) is 70.4 Å². The number of amides is 2. The molecule has 3 heterocycles. The van der Waals surface area contributed by atoms with E-state index in [-0.39, 0.29) is 24.1 Å². The van der Waals surface area contributed by atoms with Crippen LogP contribution in [0.5, 0.6) is 5.75 Å². The van der Waals surface area contributed by atoms with E-state index in [0.717, 1.165) is 46.0 Å². The molecule has 2 aliphatic heterocycles. The standard InChI is InChI=1S/C30H31N3O3S/c31-28(34)22-9-5-11-25-23(22)16-21(36-25)15-20-14-19-8-4-10-24(19)33(20)30(35)26-27(17-6-2-1-3-7-17)37-29(32-26)18-12-13-18/h1-3,5-7,9,11,18-21,24H,4,8,10,12-16H2,(H2,31,34)/t19-,20-,21?,24-/m0/s1. The van der Waals surface area contributed by atoms with Crippen molar-refractivity contribution >= 4 is 23.2 Å². The summed E-state index contributed by atoms with van der Waals surface area (Å²) in [7, 11) is 0. The van der Waals surface area contributed by atoms with E-state index in [1.54, 1.807) is 17.4 Å². The Kier molecular flexibility index (Phi) is 5.57. The van der Waals surface area contributed by atoms with E-state index >= 15 is 0 Å². The lowest BCUT2D eigenvalue weighted by Crippen LogP contribution is -2.43. The number of hydrogen-bond acceptors (Lipinski definition) is 5. The van der Waals surface area contributed by atoms with Crippen LogP contribution in [0.1, 0.15) is 82.3 Å². The largest absolute Gasteiger partial charge is 0.490 e. The second kappa shape index (κ2) is 8.98. The maximum absolute atomic E-state index is 14.4. The molecule has 2 aromatic carbocycles. The molecule has 0 bridgehead atoms. The molecule has 3 aromatic rings. The lowest BCUT2D eigenvalue weighted by atomic mass is 9.96. The van der Waals surface area contributed by atoms with Crippen molar-refractivity contribution in [1.82, 2.24) is 9.88 Å². The summed E-state index contributed by atoms with van der Waals surface area (Å²) in [5.41, 5.74) is 8.76. The van der Waals surface area contributed by atoms with E-state index in [1.165, 1.54) is 25.7 Å². The van der Waals surface area contributed by atoms with Gasteiger partial charge >= 0.3 is 0 Å². The zero-order valence-electron chi connectivity index (χ0n) is 20.8. The number of ether oxygens (including phenoxy) is 1. The molecule has 4 atom stereocenters. The quantitative estimate of drug-likeness (QED) is 0.467. The highest BCUT2D eigenvalue weighted by Gasteiger charge is 2.48. The van der Waals surface area contributed by atoms with Gasteiger partial charge < -0.3 is 15.4 Å². The second-order valence-corrected chi connectivity index (χ2v) is 12.1. The molecule has 2 N–H and O–H groups in total. The van der Waals surface area contributed by atoms with Gasteiger partial charge in [-0.2, -0.15) is 0 Å². The van der Waals surface area contributed by atoms with Crippen LogP contribution in [0.4, 0.5) is 0 Å². The molecule has 2 aliphatic carbocycles. The molecular formula is C30H31N3O3S. The molecule has 2 amide bonds. The number of benzene rings is 2. The number of carbonyl (C=O) groups excluding carboxylic acids is 2. The first-order chi connectivity index (χ1) is 18.1. The number of aromatic nitrogens is 1. The smallest absolute Gasteiger partial charge is 0.274 e. The Morgan fingerprint density at radius 3 is 2.68 bits per heavy atom. The first kappa shape index (κ1) is 23.0. The van der Waals surface area contributed by atoms with E-state index in [2.05, 4.69) is 17.0 Å². The summed E-state index contributed by atoms with van der Waals surface area (Å²) >= 11 is 1.70. The Morgan fingerprint density at radius 2 is 1.89 bits per heavy atom. The highest BCUT2D eigenvalue weighted by Crippen LogP contribution is 2.48. The third kappa shape index (κ3) is 4.04. The Hall–Kier alpha value is -3.19. The van der Waals surface area contributed by atoms with Crippen LogP contribution in [0.15, 0.2) is 48.5 Å². The molecule has 1 saturated heterocycles. The molecule has 7 heteroatoms. The molecular weight excluding hydrogens is 482 g/mol. The zero-order chi connectivity index (χ0) is 25.1. The molecule has 0 spiro atoms. The maximum atomic E-state index is 14.4. The molecule has 0 radical (unpaired) electrons. The first-order valence-corrected chi connectivity index (χ1v) is 14.4. The van der Waals surface area contributed by atoms with Gasteiger partial charge in [0.25, 0.3) is 5.91 Å². The number of thiazole rings is 1. The molecule has 37 heavy (non-hydrogen) atoms.